The highest BCUT2D eigenvalue weighted by molar-refractivity contribution is 5.09. The molecule has 1 N–H and O–H groups in total. The van der Waals surface area contributed by atoms with Crippen molar-refractivity contribution >= 4 is 0 Å². The summed E-state index contributed by atoms with van der Waals surface area (Å²) in [7, 11) is 0. The number of rotatable bonds is 3. The van der Waals surface area contributed by atoms with Crippen LogP contribution in [0.4, 0.5) is 0 Å². The number of ether oxygens (including phenoxy) is 2. The van der Waals surface area contributed by atoms with E-state index in [1.165, 1.54) is 44.9 Å². The molecule has 108 valence electrons. The number of aliphatic hydroxyl groups is 1. The average molecular weight is 266 g/mol. The molecule has 4 bridgehead atoms. The van der Waals surface area contributed by atoms with E-state index in [0.29, 0.717) is 6.61 Å². The second-order valence-electron chi connectivity index (χ2n) is 7.72. The third kappa shape index (κ3) is 2.14. The van der Waals surface area contributed by atoms with Gasteiger partial charge in [-0.3, -0.25) is 0 Å². The molecule has 4 aliphatic carbocycles. The van der Waals surface area contributed by atoms with Gasteiger partial charge in [0.25, 0.3) is 0 Å². The molecule has 0 amide bonds. The van der Waals surface area contributed by atoms with Crippen molar-refractivity contribution in [2.45, 2.75) is 69.7 Å². The highest BCUT2D eigenvalue weighted by atomic mass is 16.7. The highest BCUT2D eigenvalue weighted by Gasteiger charge is 2.58. The standard InChI is InChI=1S/C16H26O3/c17-11-15-6-12-5-13(7-15)9-16(8-12,10-15)19-14-3-1-2-4-18-14/h12-14,17H,1-11H2. The zero-order chi connectivity index (χ0) is 12.9. The van der Waals surface area contributed by atoms with Crippen molar-refractivity contribution in [1.82, 2.24) is 0 Å². The van der Waals surface area contributed by atoms with Gasteiger partial charge < -0.3 is 14.6 Å². The molecule has 4 saturated carbocycles. The van der Waals surface area contributed by atoms with Crippen LogP contribution in [0.3, 0.4) is 0 Å². The van der Waals surface area contributed by atoms with Crippen LogP contribution in [0.15, 0.2) is 0 Å². The Morgan fingerprint density at radius 2 is 1.89 bits per heavy atom. The van der Waals surface area contributed by atoms with E-state index >= 15 is 0 Å². The first-order chi connectivity index (χ1) is 9.21. The summed E-state index contributed by atoms with van der Waals surface area (Å²) >= 11 is 0. The predicted octanol–water partition coefficient (Wildman–Crippen LogP) is 2.86. The molecule has 3 atom stereocenters. The molecule has 0 aromatic carbocycles. The van der Waals surface area contributed by atoms with Gasteiger partial charge >= 0.3 is 0 Å². The molecule has 1 heterocycles. The molecule has 3 nitrogen and oxygen atoms in total. The Morgan fingerprint density at radius 3 is 2.53 bits per heavy atom. The molecule has 1 aliphatic heterocycles. The lowest BCUT2D eigenvalue weighted by Crippen LogP contribution is -2.59. The summed E-state index contributed by atoms with van der Waals surface area (Å²) in [6.07, 6.45) is 10.8. The molecule has 3 unspecified atom stereocenters. The Kier molecular flexibility index (Phi) is 2.95. The maximum Gasteiger partial charge on any atom is 0.158 e. The maximum atomic E-state index is 9.87. The van der Waals surface area contributed by atoms with Gasteiger partial charge in [-0.1, -0.05) is 0 Å². The van der Waals surface area contributed by atoms with E-state index in [0.717, 1.165) is 31.3 Å². The minimum Gasteiger partial charge on any atom is -0.396 e. The zero-order valence-electron chi connectivity index (χ0n) is 11.8. The molecular weight excluding hydrogens is 240 g/mol. The van der Waals surface area contributed by atoms with Crippen LogP contribution in [-0.4, -0.2) is 30.2 Å². The lowest BCUT2D eigenvalue weighted by Gasteiger charge is -2.61. The molecule has 1 saturated heterocycles. The maximum absolute atomic E-state index is 9.87. The Labute approximate surface area is 115 Å². The van der Waals surface area contributed by atoms with Crippen molar-refractivity contribution in [2.24, 2.45) is 17.3 Å². The molecule has 5 rings (SSSR count). The van der Waals surface area contributed by atoms with E-state index in [4.69, 9.17) is 9.47 Å². The number of aliphatic hydroxyl groups excluding tert-OH is 1. The Hall–Kier alpha value is -0.120. The predicted molar refractivity (Wildman–Crippen MR) is 71.6 cm³/mol. The van der Waals surface area contributed by atoms with Crippen molar-refractivity contribution in [3.63, 3.8) is 0 Å². The van der Waals surface area contributed by atoms with Crippen LogP contribution in [0.1, 0.15) is 57.8 Å². The van der Waals surface area contributed by atoms with E-state index in [-0.39, 0.29) is 17.3 Å². The summed E-state index contributed by atoms with van der Waals surface area (Å²) in [6.45, 7) is 1.22. The first-order valence-corrected chi connectivity index (χ1v) is 8.11. The minimum absolute atomic E-state index is 0.0285. The van der Waals surface area contributed by atoms with Crippen LogP contribution in [0.5, 0.6) is 0 Å². The van der Waals surface area contributed by atoms with E-state index in [1.54, 1.807) is 0 Å². The van der Waals surface area contributed by atoms with Gasteiger partial charge in [-0.25, -0.2) is 0 Å². The molecular formula is C16H26O3. The first-order valence-electron chi connectivity index (χ1n) is 8.11. The van der Waals surface area contributed by atoms with Crippen molar-refractivity contribution < 1.29 is 14.6 Å². The van der Waals surface area contributed by atoms with Crippen LogP contribution in [0, 0.1) is 17.3 Å². The zero-order valence-corrected chi connectivity index (χ0v) is 11.8. The monoisotopic (exact) mass is 266 g/mol. The highest BCUT2D eigenvalue weighted by Crippen LogP contribution is 2.62. The number of hydrogen-bond acceptors (Lipinski definition) is 3. The first kappa shape index (κ1) is 12.6. The molecule has 0 radical (unpaired) electrons. The lowest BCUT2D eigenvalue weighted by atomic mass is 9.48. The fourth-order valence-electron chi connectivity index (χ4n) is 5.77. The average Bonchev–Trinajstić information content (AvgIpc) is 2.38. The van der Waals surface area contributed by atoms with Crippen molar-refractivity contribution in [3.8, 4) is 0 Å². The molecule has 0 aromatic heterocycles. The van der Waals surface area contributed by atoms with Gasteiger partial charge in [0.15, 0.2) is 6.29 Å². The fourth-order valence-corrected chi connectivity index (χ4v) is 5.77. The fraction of sp³-hybridized carbons (Fsp3) is 1.00. The van der Waals surface area contributed by atoms with Crippen molar-refractivity contribution in [2.75, 3.05) is 13.2 Å². The van der Waals surface area contributed by atoms with E-state index < -0.39 is 0 Å². The number of hydrogen-bond donors (Lipinski definition) is 1. The van der Waals surface area contributed by atoms with Crippen LogP contribution in [0.2, 0.25) is 0 Å². The molecule has 5 aliphatic rings. The summed E-state index contributed by atoms with van der Waals surface area (Å²) in [4.78, 5) is 0. The molecule has 3 heteroatoms. The SMILES string of the molecule is OCC12CC3CC(C1)CC(OC1CCCCO1)(C3)C2. The van der Waals surface area contributed by atoms with Crippen molar-refractivity contribution in [3.05, 3.63) is 0 Å². The topological polar surface area (TPSA) is 38.7 Å². The third-order valence-corrected chi connectivity index (χ3v) is 5.98. The van der Waals surface area contributed by atoms with Gasteiger partial charge in [0, 0.05) is 13.2 Å². The molecule has 0 spiro atoms. The van der Waals surface area contributed by atoms with Gasteiger partial charge in [-0.2, -0.15) is 0 Å². The van der Waals surface area contributed by atoms with Gasteiger partial charge in [-0.15, -0.1) is 0 Å². The smallest absolute Gasteiger partial charge is 0.158 e. The van der Waals surface area contributed by atoms with Gasteiger partial charge in [-0.05, 0) is 75.0 Å². The van der Waals surface area contributed by atoms with E-state index in [2.05, 4.69) is 0 Å². The Bertz CT molecular complexity index is 334. The van der Waals surface area contributed by atoms with Gasteiger partial charge in [0.05, 0.1) is 5.60 Å². The second kappa shape index (κ2) is 4.44. The summed E-state index contributed by atoms with van der Waals surface area (Å²) < 4.78 is 12.3. The Morgan fingerprint density at radius 1 is 1.11 bits per heavy atom. The largest absolute Gasteiger partial charge is 0.396 e. The van der Waals surface area contributed by atoms with Gasteiger partial charge in [0.1, 0.15) is 0 Å². The molecule has 5 fully saturated rings. The Balaban J connectivity index is 1.53. The van der Waals surface area contributed by atoms with Crippen LogP contribution < -0.4 is 0 Å². The molecule has 19 heavy (non-hydrogen) atoms. The van der Waals surface area contributed by atoms with Crippen LogP contribution >= 0.6 is 0 Å². The second-order valence-corrected chi connectivity index (χ2v) is 7.72. The lowest BCUT2D eigenvalue weighted by molar-refractivity contribution is -0.280. The van der Waals surface area contributed by atoms with E-state index in [9.17, 15) is 5.11 Å². The summed E-state index contributed by atoms with van der Waals surface area (Å²) in [5.41, 5.74) is 0.216. The summed E-state index contributed by atoms with van der Waals surface area (Å²) in [6, 6.07) is 0. The van der Waals surface area contributed by atoms with Gasteiger partial charge in [0.2, 0.25) is 0 Å². The quantitative estimate of drug-likeness (QED) is 0.853. The van der Waals surface area contributed by atoms with Crippen LogP contribution in [0.25, 0.3) is 0 Å². The third-order valence-electron chi connectivity index (χ3n) is 5.98. The van der Waals surface area contributed by atoms with E-state index in [1.807, 2.05) is 0 Å². The van der Waals surface area contributed by atoms with Crippen LogP contribution in [-0.2, 0) is 9.47 Å². The van der Waals surface area contributed by atoms with Crippen molar-refractivity contribution in [1.29, 1.82) is 0 Å². The molecule has 0 aromatic rings. The summed E-state index contributed by atoms with van der Waals surface area (Å²) in [5, 5.41) is 9.87. The summed E-state index contributed by atoms with van der Waals surface area (Å²) in [5.74, 6) is 1.58. The minimum atomic E-state index is 0.0285. The normalized spacial score (nSPS) is 52.6.